The molecule has 0 radical (unpaired) electrons. The van der Waals surface area contributed by atoms with Crippen molar-refractivity contribution in [1.29, 1.82) is 0 Å². The highest BCUT2D eigenvalue weighted by Crippen LogP contribution is 2.36. The second-order valence-electron chi connectivity index (χ2n) is 8.64. The van der Waals surface area contributed by atoms with Crippen LogP contribution in [-0.4, -0.2) is 27.2 Å². The number of pyridine rings is 1. The number of nitrogens with one attached hydrogen (secondary N) is 2. The Kier molecular flexibility index (Phi) is 5.47. The van der Waals surface area contributed by atoms with E-state index in [1.54, 1.807) is 0 Å². The fourth-order valence-corrected chi connectivity index (χ4v) is 5.28. The summed E-state index contributed by atoms with van der Waals surface area (Å²) in [5.41, 5.74) is 2.84. The molecule has 4 aromatic rings. The first kappa shape index (κ1) is 20.8. The van der Waals surface area contributed by atoms with Gasteiger partial charge in [0.2, 0.25) is 0 Å². The van der Waals surface area contributed by atoms with Crippen LogP contribution in [0.1, 0.15) is 47.8 Å². The van der Waals surface area contributed by atoms with Gasteiger partial charge in [-0.3, -0.25) is 14.7 Å². The van der Waals surface area contributed by atoms with Crippen LogP contribution >= 0.6 is 11.6 Å². The minimum absolute atomic E-state index is 0.0278. The summed E-state index contributed by atoms with van der Waals surface area (Å²) in [6.45, 7) is 2.47. The average Bonchev–Trinajstić information content (AvgIpc) is 3.20. The predicted octanol–water partition coefficient (Wildman–Crippen LogP) is 5.00. The topological polar surface area (TPSA) is 79.8 Å². The van der Waals surface area contributed by atoms with Crippen LogP contribution in [0.4, 0.5) is 0 Å². The van der Waals surface area contributed by atoms with Crippen LogP contribution in [-0.2, 0) is 0 Å². The Hall–Kier alpha value is -3.12. The number of aryl methyl sites for hydroxylation is 1. The van der Waals surface area contributed by atoms with Crippen LogP contribution in [0.3, 0.4) is 0 Å². The minimum Gasteiger partial charge on any atom is -0.352 e. The molecule has 2 aromatic heterocycles. The van der Waals surface area contributed by atoms with Crippen molar-refractivity contribution in [2.45, 2.75) is 38.6 Å². The number of carbonyl (C=O) groups is 1. The first-order valence-corrected chi connectivity index (χ1v) is 11.4. The van der Waals surface area contributed by atoms with E-state index in [-0.39, 0.29) is 17.5 Å². The maximum absolute atomic E-state index is 13.6. The van der Waals surface area contributed by atoms with E-state index in [0.29, 0.717) is 34.0 Å². The van der Waals surface area contributed by atoms with E-state index in [0.717, 1.165) is 42.3 Å². The van der Waals surface area contributed by atoms with Gasteiger partial charge in [-0.05, 0) is 56.4 Å². The number of aromatic nitrogens is 3. The molecular formula is C25H25ClN4O2. The second-order valence-corrected chi connectivity index (χ2v) is 9.05. The van der Waals surface area contributed by atoms with E-state index in [4.69, 9.17) is 11.6 Å². The molecule has 0 saturated heterocycles. The largest absolute Gasteiger partial charge is 0.352 e. The van der Waals surface area contributed by atoms with Crippen molar-refractivity contribution in [2.75, 3.05) is 6.54 Å². The molecule has 5 rings (SSSR count). The molecule has 0 spiro atoms. The number of halogens is 1. The van der Waals surface area contributed by atoms with Gasteiger partial charge < -0.3 is 9.88 Å². The van der Waals surface area contributed by atoms with Crippen molar-refractivity contribution in [1.82, 2.24) is 20.1 Å². The van der Waals surface area contributed by atoms with Crippen LogP contribution < -0.4 is 10.9 Å². The van der Waals surface area contributed by atoms with E-state index < -0.39 is 0 Å². The SMILES string of the molecule is Cc1[nH]nc2c1c(=O)n(C1CCCC(CNC(=O)c3ccccc3)C1)c1cccc(Cl)c21. The number of amides is 1. The number of fused-ring (bicyclic) bond motifs is 3. The smallest absolute Gasteiger partial charge is 0.262 e. The Morgan fingerprint density at radius 3 is 2.78 bits per heavy atom. The first-order chi connectivity index (χ1) is 15.5. The fourth-order valence-electron chi connectivity index (χ4n) is 5.02. The third-order valence-electron chi connectivity index (χ3n) is 6.58. The zero-order valence-electron chi connectivity index (χ0n) is 17.9. The fraction of sp³-hybridized carbons (Fsp3) is 0.320. The lowest BCUT2D eigenvalue weighted by molar-refractivity contribution is 0.0940. The molecular weight excluding hydrogens is 424 g/mol. The van der Waals surface area contributed by atoms with Gasteiger partial charge in [-0.2, -0.15) is 5.10 Å². The van der Waals surface area contributed by atoms with Crippen LogP contribution in [0.5, 0.6) is 0 Å². The Bertz CT molecular complexity index is 1360. The number of benzene rings is 2. The summed E-state index contributed by atoms with van der Waals surface area (Å²) >= 11 is 6.56. The second kappa shape index (κ2) is 8.43. The number of aromatic amines is 1. The molecule has 164 valence electrons. The molecule has 1 saturated carbocycles. The van der Waals surface area contributed by atoms with Gasteiger partial charge >= 0.3 is 0 Å². The molecule has 0 bridgehead atoms. The third kappa shape index (κ3) is 3.58. The Balaban J connectivity index is 1.46. The van der Waals surface area contributed by atoms with Crippen molar-refractivity contribution in [3.05, 3.63) is 75.2 Å². The van der Waals surface area contributed by atoms with Crippen LogP contribution in [0, 0.1) is 12.8 Å². The van der Waals surface area contributed by atoms with Gasteiger partial charge in [0.15, 0.2) is 0 Å². The highest BCUT2D eigenvalue weighted by Gasteiger charge is 2.27. The lowest BCUT2D eigenvalue weighted by atomic mass is 9.85. The Morgan fingerprint density at radius 2 is 1.97 bits per heavy atom. The lowest BCUT2D eigenvalue weighted by Crippen LogP contribution is -2.34. The van der Waals surface area contributed by atoms with Gasteiger partial charge in [-0.25, -0.2) is 0 Å². The quantitative estimate of drug-likeness (QED) is 0.461. The molecule has 2 aromatic carbocycles. The predicted molar refractivity (Wildman–Crippen MR) is 127 cm³/mol. The minimum atomic E-state index is -0.0578. The van der Waals surface area contributed by atoms with E-state index in [9.17, 15) is 9.59 Å². The number of nitrogens with zero attached hydrogens (tertiary/aromatic N) is 2. The number of carbonyl (C=O) groups excluding carboxylic acids is 1. The third-order valence-corrected chi connectivity index (χ3v) is 6.89. The van der Waals surface area contributed by atoms with Crippen LogP contribution in [0.25, 0.3) is 21.8 Å². The number of H-pyrrole nitrogens is 1. The highest BCUT2D eigenvalue weighted by atomic mass is 35.5. The molecule has 32 heavy (non-hydrogen) atoms. The van der Waals surface area contributed by atoms with Crippen LogP contribution in [0.15, 0.2) is 53.3 Å². The first-order valence-electron chi connectivity index (χ1n) is 11.0. The molecule has 2 unspecified atom stereocenters. The number of hydrogen-bond donors (Lipinski definition) is 2. The summed E-state index contributed by atoms with van der Waals surface area (Å²) in [6, 6.07) is 15.0. The van der Waals surface area contributed by atoms with Gasteiger partial charge in [0, 0.05) is 29.2 Å². The Morgan fingerprint density at radius 1 is 1.16 bits per heavy atom. The monoisotopic (exact) mass is 448 g/mol. The molecule has 1 fully saturated rings. The number of rotatable bonds is 4. The molecule has 6 nitrogen and oxygen atoms in total. The van der Waals surface area contributed by atoms with Crippen molar-refractivity contribution in [3.63, 3.8) is 0 Å². The summed E-state index contributed by atoms with van der Waals surface area (Å²) in [6.07, 6.45) is 3.80. The highest BCUT2D eigenvalue weighted by molar-refractivity contribution is 6.37. The molecule has 1 aliphatic carbocycles. The van der Waals surface area contributed by atoms with E-state index >= 15 is 0 Å². The van der Waals surface area contributed by atoms with Crippen molar-refractivity contribution < 1.29 is 4.79 Å². The molecule has 2 atom stereocenters. The lowest BCUT2D eigenvalue weighted by Gasteiger charge is -2.31. The van der Waals surface area contributed by atoms with Gasteiger partial charge in [0.05, 0.1) is 15.9 Å². The maximum Gasteiger partial charge on any atom is 0.262 e. The Labute approximate surface area is 190 Å². The maximum atomic E-state index is 13.6. The molecule has 2 heterocycles. The molecule has 7 heteroatoms. The zero-order chi connectivity index (χ0) is 22.2. The van der Waals surface area contributed by atoms with Crippen molar-refractivity contribution in [2.24, 2.45) is 5.92 Å². The van der Waals surface area contributed by atoms with E-state index in [2.05, 4.69) is 15.5 Å². The van der Waals surface area contributed by atoms with E-state index in [1.807, 2.05) is 60.0 Å². The van der Waals surface area contributed by atoms with Gasteiger partial charge in [-0.1, -0.05) is 42.3 Å². The average molecular weight is 449 g/mol. The summed E-state index contributed by atoms with van der Waals surface area (Å²) in [7, 11) is 0. The van der Waals surface area contributed by atoms with Crippen LogP contribution in [0.2, 0.25) is 5.02 Å². The summed E-state index contributed by atoms with van der Waals surface area (Å²) < 4.78 is 1.91. The number of hydrogen-bond acceptors (Lipinski definition) is 3. The standard InChI is InChI=1S/C25H25ClN4O2/c1-15-21-23(29-28-15)22-19(26)11-6-12-20(22)30(25(21)32)18-10-5-7-16(13-18)14-27-24(31)17-8-3-2-4-9-17/h2-4,6,8-9,11-12,16,18H,5,7,10,13-14H2,1H3,(H,27,31)(H,28,29). The van der Waals surface area contributed by atoms with Gasteiger partial charge in [-0.15, -0.1) is 0 Å². The van der Waals surface area contributed by atoms with Gasteiger partial charge in [0.25, 0.3) is 11.5 Å². The summed E-state index contributed by atoms with van der Waals surface area (Å²) in [5.74, 6) is 0.251. The molecule has 0 aliphatic heterocycles. The van der Waals surface area contributed by atoms with Crippen molar-refractivity contribution in [3.8, 4) is 0 Å². The summed E-state index contributed by atoms with van der Waals surface area (Å²) in [4.78, 5) is 26.1. The van der Waals surface area contributed by atoms with Crippen molar-refractivity contribution >= 4 is 39.3 Å². The molecule has 1 amide bonds. The normalized spacial score (nSPS) is 18.8. The summed E-state index contributed by atoms with van der Waals surface area (Å²) in [5, 5.41) is 12.4. The van der Waals surface area contributed by atoms with Gasteiger partial charge in [0.1, 0.15) is 5.52 Å². The zero-order valence-corrected chi connectivity index (χ0v) is 18.7. The molecule has 1 aliphatic rings. The van der Waals surface area contributed by atoms with E-state index in [1.165, 1.54) is 0 Å². The molecule has 2 N–H and O–H groups in total.